The summed E-state index contributed by atoms with van der Waals surface area (Å²) in [6.07, 6.45) is 1.54. The van der Waals surface area contributed by atoms with E-state index >= 15 is 0 Å². The quantitative estimate of drug-likeness (QED) is 0.277. The average Bonchev–Trinajstić information content (AvgIpc) is 2.73. The van der Waals surface area contributed by atoms with Crippen LogP contribution in [-0.2, 0) is 11.4 Å². The van der Waals surface area contributed by atoms with Crippen molar-refractivity contribution in [2.45, 2.75) is 6.61 Å². The van der Waals surface area contributed by atoms with Crippen LogP contribution in [0.3, 0.4) is 0 Å². The Hall–Kier alpha value is -2.35. The molecule has 8 heteroatoms. The standard InChI is InChI=1S/C22H17Br2ClN2O3/c23-18-10-15(12-26-27-21(28)14-29-17-7-2-1-3-8-17)11-19(24)22(18)30-13-16-6-4-5-9-20(16)25/h1-12H,13-14H2,(H,27,28)/b26-12-. The number of hydrazone groups is 1. The fourth-order valence-corrected chi connectivity index (χ4v) is 4.08. The number of benzene rings is 3. The van der Waals surface area contributed by atoms with Crippen molar-refractivity contribution in [3.63, 3.8) is 0 Å². The molecule has 0 aliphatic heterocycles. The van der Waals surface area contributed by atoms with Crippen LogP contribution in [0, 0.1) is 0 Å². The number of para-hydroxylation sites is 1. The van der Waals surface area contributed by atoms with Crippen LogP contribution < -0.4 is 14.9 Å². The molecule has 3 aromatic rings. The monoisotopic (exact) mass is 550 g/mol. The minimum Gasteiger partial charge on any atom is -0.486 e. The average molecular weight is 553 g/mol. The third-order valence-electron chi connectivity index (χ3n) is 3.87. The molecule has 0 radical (unpaired) electrons. The maximum atomic E-state index is 11.8. The van der Waals surface area contributed by atoms with Crippen LogP contribution in [0.5, 0.6) is 11.5 Å². The van der Waals surface area contributed by atoms with Gasteiger partial charge in [0.25, 0.3) is 5.91 Å². The number of hydrogen-bond donors (Lipinski definition) is 1. The second kappa shape index (κ2) is 11.2. The summed E-state index contributed by atoms with van der Waals surface area (Å²) >= 11 is 13.2. The highest BCUT2D eigenvalue weighted by molar-refractivity contribution is 9.11. The van der Waals surface area contributed by atoms with Crippen molar-refractivity contribution in [2.24, 2.45) is 5.10 Å². The van der Waals surface area contributed by atoms with Gasteiger partial charge in [-0.15, -0.1) is 0 Å². The van der Waals surface area contributed by atoms with Crippen molar-refractivity contribution in [3.8, 4) is 11.5 Å². The first-order valence-corrected chi connectivity index (χ1v) is 10.8. The molecule has 0 aromatic heterocycles. The van der Waals surface area contributed by atoms with E-state index in [-0.39, 0.29) is 12.5 Å². The summed E-state index contributed by atoms with van der Waals surface area (Å²) in [6, 6.07) is 20.3. The highest BCUT2D eigenvalue weighted by Gasteiger charge is 2.10. The molecule has 0 atom stereocenters. The molecular formula is C22H17Br2ClN2O3. The van der Waals surface area contributed by atoms with Crippen LogP contribution in [0.25, 0.3) is 0 Å². The molecule has 1 N–H and O–H groups in total. The van der Waals surface area contributed by atoms with Crippen molar-refractivity contribution < 1.29 is 14.3 Å². The van der Waals surface area contributed by atoms with Crippen LogP contribution in [0.15, 0.2) is 80.8 Å². The Labute approximate surface area is 196 Å². The third-order valence-corrected chi connectivity index (χ3v) is 5.41. The highest BCUT2D eigenvalue weighted by Crippen LogP contribution is 2.35. The van der Waals surface area contributed by atoms with Crippen LogP contribution >= 0.6 is 43.5 Å². The molecule has 0 unspecified atom stereocenters. The Kier molecular flexibility index (Phi) is 8.30. The normalized spacial score (nSPS) is 10.8. The first-order chi connectivity index (χ1) is 14.5. The van der Waals surface area contributed by atoms with Gasteiger partial charge in [-0.2, -0.15) is 5.10 Å². The van der Waals surface area contributed by atoms with Gasteiger partial charge in [-0.1, -0.05) is 48.0 Å². The van der Waals surface area contributed by atoms with E-state index in [1.165, 1.54) is 6.21 Å². The van der Waals surface area contributed by atoms with Crippen LogP contribution in [0.1, 0.15) is 11.1 Å². The van der Waals surface area contributed by atoms with Crippen LogP contribution in [0.2, 0.25) is 5.02 Å². The van der Waals surface area contributed by atoms with Crippen LogP contribution in [-0.4, -0.2) is 18.7 Å². The molecule has 0 aliphatic carbocycles. The molecule has 0 heterocycles. The predicted molar refractivity (Wildman–Crippen MR) is 125 cm³/mol. The number of nitrogens with one attached hydrogen (secondary N) is 1. The maximum Gasteiger partial charge on any atom is 0.277 e. The molecule has 3 aromatic carbocycles. The Morgan fingerprint density at radius 2 is 1.67 bits per heavy atom. The zero-order chi connectivity index (χ0) is 21.3. The minimum absolute atomic E-state index is 0.121. The molecule has 0 saturated heterocycles. The predicted octanol–water partition coefficient (Wildman–Crippen LogP) is 5.97. The number of nitrogens with zero attached hydrogens (tertiary/aromatic N) is 1. The van der Waals surface area contributed by atoms with Gasteiger partial charge in [0.05, 0.1) is 15.2 Å². The number of ether oxygens (including phenoxy) is 2. The lowest BCUT2D eigenvalue weighted by Gasteiger charge is -2.12. The summed E-state index contributed by atoms with van der Waals surface area (Å²) in [4.78, 5) is 11.8. The molecular weight excluding hydrogens is 536 g/mol. The van der Waals surface area contributed by atoms with Crippen molar-refractivity contribution in [3.05, 3.63) is 91.8 Å². The van der Waals surface area contributed by atoms with Gasteiger partial charge in [0.1, 0.15) is 18.1 Å². The summed E-state index contributed by atoms with van der Waals surface area (Å²) in [5.74, 6) is 0.914. The summed E-state index contributed by atoms with van der Waals surface area (Å²) in [5.41, 5.74) is 4.10. The Bertz CT molecular complexity index is 1020. The second-order valence-electron chi connectivity index (χ2n) is 6.09. The Morgan fingerprint density at radius 1 is 1.00 bits per heavy atom. The van der Waals surface area contributed by atoms with Gasteiger partial charge in [-0.25, -0.2) is 5.43 Å². The zero-order valence-electron chi connectivity index (χ0n) is 15.6. The van der Waals surface area contributed by atoms with Crippen LogP contribution in [0.4, 0.5) is 0 Å². The summed E-state index contributed by atoms with van der Waals surface area (Å²) in [5, 5.41) is 4.62. The number of amides is 1. The third kappa shape index (κ3) is 6.58. The fourth-order valence-electron chi connectivity index (χ4n) is 2.43. The van der Waals surface area contributed by atoms with Crippen molar-refractivity contribution in [2.75, 3.05) is 6.61 Å². The van der Waals surface area contributed by atoms with Crippen molar-refractivity contribution in [1.29, 1.82) is 0 Å². The molecule has 0 fully saturated rings. The van der Waals surface area contributed by atoms with E-state index in [1.54, 1.807) is 12.1 Å². The van der Waals surface area contributed by atoms with Gasteiger partial charge in [0.2, 0.25) is 0 Å². The van der Waals surface area contributed by atoms with Gasteiger partial charge in [0.15, 0.2) is 6.61 Å². The Morgan fingerprint density at radius 3 is 2.37 bits per heavy atom. The SMILES string of the molecule is O=C(COc1ccccc1)N/N=C\c1cc(Br)c(OCc2ccccc2Cl)c(Br)c1. The molecule has 5 nitrogen and oxygen atoms in total. The molecule has 154 valence electrons. The molecule has 0 spiro atoms. The number of halogens is 3. The van der Waals surface area contributed by atoms with Crippen molar-refractivity contribution >= 4 is 55.6 Å². The lowest BCUT2D eigenvalue weighted by atomic mass is 10.2. The molecule has 3 rings (SSSR count). The highest BCUT2D eigenvalue weighted by atomic mass is 79.9. The maximum absolute atomic E-state index is 11.8. The van der Waals surface area contributed by atoms with Gasteiger partial charge in [-0.3, -0.25) is 4.79 Å². The van der Waals surface area contributed by atoms with Gasteiger partial charge >= 0.3 is 0 Å². The van der Waals surface area contributed by atoms with E-state index in [1.807, 2.05) is 54.6 Å². The lowest BCUT2D eigenvalue weighted by Crippen LogP contribution is -2.24. The second-order valence-corrected chi connectivity index (χ2v) is 8.20. The number of carbonyl (C=O) groups excluding carboxylic acids is 1. The summed E-state index contributed by atoms with van der Waals surface area (Å²) in [7, 11) is 0. The lowest BCUT2D eigenvalue weighted by molar-refractivity contribution is -0.123. The largest absolute Gasteiger partial charge is 0.486 e. The molecule has 0 bridgehead atoms. The number of hydrogen-bond acceptors (Lipinski definition) is 4. The first kappa shape index (κ1) is 22.3. The molecule has 30 heavy (non-hydrogen) atoms. The first-order valence-electron chi connectivity index (χ1n) is 8.88. The topological polar surface area (TPSA) is 59.9 Å². The number of carbonyl (C=O) groups is 1. The van der Waals surface area contributed by atoms with Gasteiger partial charge in [-0.05, 0) is 67.8 Å². The van der Waals surface area contributed by atoms with Crippen molar-refractivity contribution in [1.82, 2.24) is 5.43 Å². The van der Waals surface area contributed by atoms with E-state index in [2.05, 4.69) is 42.4 Å². The van der Waals surface area contributed by atoms with E-state index in [0.717, 1.165) is 20.1 Å². The molecule has 0 saturated carbocycles. The molecule has 0 aliphatic rings. The summed E-state index contributed by atoms with van der Waals surface area (Å²) < 4.78 is 12.7. The van der Waals surface area contributed by atoms with E-state index in [4.69, 9.17) is 21.1 Å². The Balaban J connectivity index is 1.55. The molecule has 1 amide bonds. The van der Waals surface area contributed by atoms with E-state index < -0.39 is 0 Å². The zero-order valence-corrected chi connectivity index (χ0v) is 19.6. The van der Waals surface area contributed by atoms with E-state index in [0.29, 0.717) is 23.1 Å². The van der Waals surface area contributed by atoms with E-state index in [9.17, 15) is 4.79 Å². The minimum atomic E-state index is -0.354. The fraction of sp³-hybridized carbons (Fsp3) is 0.0909. The van der Waals surface area contributed by atoms with Gasteiger partial charge < -0.3 is 9.47 Å². The smallest absolute Gasteiger partial charge is 0.277 e. The summed E-state index contributed by atoms with van der Waals surface area (Å²) in [6.45, 7) is 0.214. The number of rotatable bonds is 8. The van der Waals surface area contributed by atoms with Gasteiger partial charge in [0, 0.05) is 10.6 Å².